The van der Waals surface area contributed by atoms with E-state index >= 15 is 0 Å². The molecule has 9 heteroatoms. The first kappa shape index (κ1) is 15.4. The summed E-state index contributed by atoms with van der Waals surface area (Å²) in [4.78, 5) is 0. The van der Waals surface area contributed by atoms with Gasteiger partial charge in [-0.3, -0.25) is 0 Å². The van der Waals surface area contributed by atoms with Gasteiger partial charge in [0, 0.05) is 7.05 Å². The molecule has 1 fully saturated rings. The lowest BCUT2D eigenvalue weighted by atomic mass is 9.79. The van der Waals surface area contributed by atoms with Crippen molar-refractivity contribution in [3.05, 3.63) is 4.60 Å². The van der Waals surface area contributed by atoms with Crippen molar-refractivity contribution in [2.45, 2.75) is 43.2 Å². The lowest BCUT2D eigenvalue weighted by Crippen LogP contribution is -2.49. The monoisotopic (exact) mass is 361 g/mol. The zero-order valence-electron chi connectivity index (χ0n) is 11.3. The van der Waals surface area contributed by atoms with Gasteiger partial charge in [0.1, 0.15) is 5.54 Å². The Bertz CT molecular complexity index is 621. The standard InChI is InChI=1S/C11H16BrN5O2S/c1-8-3-5-11(7-13,6-4-8)15-20(18,19)10-9(12)14-16-17(10)2/h8,15H,3-6H2,1-2H3. The molecule has 1 saturated carbocycles. The molecule has 0 spiro atoms. The average Bonchev–Trinajstić information content (AvgIpc) is 2.72. The first-order valence-electron chi connectivity index (χ1n) is 6.30. The van der Waals surface area contributed by atoms with Crippen LogP contribution in [0.4, 0.5) is 0 Å². The molecule has 1 heterocycles. The molecule has 20 heavy (non-hydrogen) atoms. The van der Waals surface area contributed by atoms with E-state index in [1.807, 2.05) is 0 Å². The summed E-state index contributed by atoms with van der Waals surface area (Å²) in [6.07, 6.45) is 2.71. The highest BCUT2D eigenvalue weighted by atomic mass is 79.9. The average molecular weight is 362 g/mol. The van der Waals surface area contributed by atoms with Crippen LogP contribution >= 0.6 is 15.9 Å². The number of sulfonamides is 1. The first-order valence-corrected chi connectivity index (χ1v) is 8.58. The van der Waals surface area contributed by atoms with Gasteiger partial charge in [0.2, 0.25) is 5.03 Å². The minimum Gasteiger partial charge on any atom is -0.235 e. The molecular weight excluding hydrogens is 346 g/mol. The van der Waals surface area contributed by atoms with Crippen LogP contribution in [0.1, 0.15) is 32.6 Å². The van der Waals surface area contributed by atoms with Gasteiger partial charge in [-0.1, -0.05) is 12.1 Å². The Morgan fingerprint density at radius 3 is 2.55 bits per heavy atom. The molecule has 1 aliphatic carbocycles. The molecule has 0 unspecified atom stereocenters. The summed E-state index contributed by atoms with van der Waals surface area (Å²) in [7, 11) is -2.35. The van der Waals surface area contributed by atoms with Crippen LogP contribution in [0.25, 0.3) is 0 Å². The molecule has 1 aliphatic rings. The van der Waals surface area contributed by atoms with E-state index in [0.717, 1.165) is 12.8 Å². The number of aryl methyl sites for hydroxylation is 1. The molecule has 0 atom stereocenters. The van der Waals surface area contributed by atoms with E-state index in [4.69, 9.17) is 0 Å². The van der Waals surface area contributed by atoms with E-state index in [-0.39, 0.29) is 9.63 Å². The molecule has 0 saturated heterocycles. The van der Waals surface area contributed by atoms with Crippen molar-refractivity contribution < 1.29 is 8.42 Å². The third-order valence-electron chi connectivity index (χ3n) is 3.66. The summed E-state index contributed by atoms with van der Waals surface area (Å²) >= 11 is 3.07. The maximum atomic E-state index is 12.5. The second kappa shape index (κ2) is 5.42. The number of aromatic nitrogens is 3. The van der Waals surface area contributed by atoms with Crippen LogP contribution in [0, 0.1) is 17.2 Å². The molecule has 110 valence electrons. The summed E-state index contributed by atoms with van der Waals surface area (Å²) in [6, 6.07) is 2.14. The van der Waals surface area contributed by atoms with E-state index in [2.05, 4.69) is 44.0 Å². The van der Waals surface area contributed by atoms with Gasteiger partial charge in [-0.15, -0.1) is 5.10 Å². The predicted octanol–water partition coefficient (Wildman–Crippen LogP) is 1.33. The molecule has 0 aromatic carbocycles. The van der Waals surface area contributed by atoms with E-state index in [9.17, 15) is 13.7 Å². The Balaban J connectivity index is 2.30. The van der Waals surface area contributed by atoms with Crippen LogP contribution in [-0.4, -0.2) is 29.0 Å². The molecule has 7 nitrogen and oxygen atoms in total. The van der Waals surface area contributed by atoms with Crippen LogP contribution in [-0.2, 0) is 17.1 Å². The molecule has 1 N–H and O–H groups in total. The van der Waals surface area contributed by atoms with Gasteiger partial charge in [-0.25, -0.2) is 13.1 Å². The van der Waals surface area contributed by atoms with E-state index in [1.165, 1.54) is 11.7 Å². The lowest BCUT2D eigenvalue weighted by molar-refractivity contribution is 0.277. The fourth-order valence-electron chi connectivity index (χ4n) is 2.41. The fourth-order valence-corrected chi connectivity index (χ4v) is 4.88. The Hall–Kier alpha value is -0.980. The van der Waals surface area contributed by atoms with Crippen LogP contribution in [0.5, 0.6) is 0 Å². The van der Waals surface area contributed by atoms with Crippen molar-refractivity contribution in [1.82, 2.24) is 19.7 Å². The summed E-state index contributed by atoms with van der Waals surface area (Å²) in [5.74, 6) is 0.520. The molecule has 2 rings (SSSR count). The van der Waals surface area contributed by atoms with E-state index in [1.54, 1.807) is 0 Å². The van der Waals surface area contributed by atoms with Crippen molar-refractivity contribution in [1.29, 1.82) is 5.26 Å². The second-order valence-corrected chi connectivity index (χ2v) is 7.64. The topological polar surface area (TPSA) is 101 Å². The van der Waals surface area contributed by atoms with Gasteiger partial charge in [-0.2, -0.15) is 9.98 Å². The van der Waals surface area contributed by atoms with Gasteiger partial charge in [0.05, 0.1) is 6.07 Å². The van der Waals surface area contributed by atoms with Crippen LogP contribution in [0.15, 0.2) is 9.63 Å². The van der Waals surface area contributed by atoms with Crippen LogP contribution in [0.2, 0.25) is 0 Å². The number of hydrogen-bond acceptors (Lipinski definition) is 5. The van der Waals surface area contributed by atoms with Crippen molar-refractivity contribution in [3.8, 4) is 6.07 Å². The molecule has 1 aromatic heterocycles. The normalized spacial score (nSPS) is 27.2. The molecule has 1 aromatic rings. The number of halogens is 1. The number of nitrogens with one attached hydrogen (secondary N) is 1. The van der Waals surface area contributed by atoms with Crippen molar-refractivity contribution >= 4 is 26.0 Å². The minimum absolute atomic E-state index is 0.0641. The molecule has 0 bridgehead atoms. The smallest absolute Gasteiger partial charge is 0.235 e. The summed E-state index contributed by atoms with van der Waals surface area (Å²) in [5.41, 5.74) is -1.03. The van der Waals surface area contributed by atoms with Gasteiger partial charge in [0.15, 0.2) is 4.60 Å². The Kier molecular flexibility index (Phi) is 4.18. The lowest BCUT2D eigenvalue weighted by Gasteiger charge is -2.33. The van der Waals surface area contributed by atoms with Crippen LogP contribution in [0.3, 0.4) is 0 Å². The second-order valence-electron chi connectivity index (χ2n) is 5.29. The zero-order chi connectivity index (χ0) is 15.0. The highest BCUT2D eigenvalue weighted by molar-refractivity contribution is 9.10. The van der Waals surface area contributed by atoms with E-state index in [0.29, 0.717) is 18.8 Å². The SMILES string of the molecule is CC1CCC(C#N)(NS(=O)(=O)c2c(Br)nnn2C)CC1. The van der Waals surface area contributed by atoms with Gasteiger partial charge in [-0.05, 0) is 47.5 Å². The Morgan fingerprint density at radius 1 is 1.50 bits per heavy atom. The number of nitriles is 1. The summed E-state index contributed by atoms with van der Waals surface area (Å²) < 4.78 is 28.8. The quantitative estimate of drug-likeness (QED) is 0.874. The highest BCUT2D eigenvalue weighted by Crippen LogP contribution is 2.33. The van der Waals surface area contributed by atoms with Gasteiger partial charge in [0.25, 0.3) is 10.0 Å². The fraction of sp³-hybridized carbons (Fsp3) is 0.727. The third-order valence-corrected chi connectivity index (χ3v) is 6.09. The molecule has 0 radical (unpaired) electrons. The van der Waals surface area contributed by atoms with E-state index < -0.39 is 15.6 Å². The summed E-state index contributed by atoms with van der Waals surface area (Å²) in [6.45, 7) is 2.11. The maximum absolute atomic E-state index is 12.5. The largest absolute Gasteiger partial charge is 0.261 e. The first-order chi connectivity index (χ1) is 9.30. The Morgan fingerprint density at radius 2 is 2.10 bits per heavy atom. The van der Waals surface area contributed by atoms with Crippen molar-refractivity contribution in [2.24, 2.45) is 13.0 Å². The summed E-state index contributed by atoms with van der Waals surface area (Å²) in [5, 5.41) is 16.7. The highest BCUT2D eigenvalue weighted by Gasteiger charge is 2.40. The van der Waals surface area contributed by atoms with Crippen molar-refractivity contribution in [2.75, 3.05) is 0 Å². The van der Waals surface area contributed by atoms with Crippen LogP contribution < -0.4 is 4.72 Å². The molecular formula is C11H16BrN5O2S. The number of rotatable bonds is 3. The van der Waals surface area contributed by atoms with Gasteiger partial charge >= 0.3 is 0 Å². The molecule has 0 aliphatic heterocycles. The van der Waals surface area contributed by atoms with Gasteiger partial charge < -0.3 is 0 Å². The Labute approximate surface area is 126 Å². The third kappa shape index (κ3) is 2.87. The van der Waals surface area contributed by atoms with Crippen molar-refractivity contribution in [3.63, 3.8) is 0 Å². The zero-order valence-corrected chi connectivity index (χ0v) is 13.7. The molecule has 0 amide bonds. The number of hydrogen-bond donors (Lipinski definition) is 1. The number of nitrogens with zero attached hydrogens (tertiary/aromatic N) is 4. The minimum atomic E-state index is -3.85. The maximum Gasteiger partial charge on any atom is 0.261 e. The predicted molar refractivity (Wildman–Crippen MR) is 75.0 cm³/mol.